The molecule has 62 valence electrons. The van der Waals surface area contributed by atoms with Gasteiger partial charge in [-0.15, -0.1) is 0 Å². The molecule has 0 radical (unpaired) electrons. The van der Waals surface area contributed by atoms with E-state index in [0.29, 0.717) is 0 Å². The predicted octanol–water partition coefficient (Wildman–Crippen LogP) is 2.85. The molecule has 1 aliphatic heterocycles. The van der Waals surface area contributed by atoms with Crippen molar-refractivity contribution in [3.8, 4) is 0 Å². The Morgan fingerprint density at radius 3 is 1.40 bits per heavy atom. The summed E-state index contributed by atoms with van der Waals surface area (Å²) in [4.78, 5) is 0. The maximum absolute atomic E-state index is 12.2. The molecule has 2 unspecified atom stereocenters. The van der Waals surface area contributed by atoms with E-state index in [2.05, 4.69) is 9.05 Å². The molecule has 2 nitrogen and oxygen atoms in total. The summed E-state index contributed by atoms with van der Waals surface area (Å²) in [5.41, 5.74) is 0. The van der Waals surface area contributed by atoms with Gasteiger partial charge in [0.2, 0.25) is 0 Å². The van der Waals surface area contributed by atoms with Crippen LogP contribution in [-0.2, 0) is 9.05 Å². The molecule has 10 heavy (non-hydrogen) atoms. The molecule has 0 aliphatic carbocycles. The molecule has 1 heterocycles. The molecular weight excluding hydrogens is 168 g/mol. The Hall–Kier alpha value is 0.140. The van der Waals surface area contributed by atoms with E-state index >= 15 is 0 Å². The second-order valence-corrected chi connectivity index (χ2v) is 4.08. The molecule has 0 spiro atoms. The van der Waals surface area contributed by atoms with Crippen LogP contribution < -0.4 is 0 Å². The van der Waals surface area contributed by atoms with Crippen LogP contribution in [0.4, 0.5) is 12.6 Å². The van der Waals surface area contributed by atoms with E-state index < -0.39 is 20.2 Å². The fourth-order valence-electron chi connectivity index (χ4n) is 0.709. The predicted molar refractivity (Wildman–Crippen MR) is 31.3 cm³/mol. The zero-order chi connectivity index (χ0) is 8.02. The quantitative estimate of drug-likeness (QED) is 0.528. The van der Waals surface area contributed by atoms with Crippen molar-refractivity contribution in [1.29, 1.82) is 0 Å². The first-order valence-electron chi connectivity index (χ1n) is 2.83. The van der Waals surface area contributed by atoms with Gasteiger partial charge in [-0.25, -0.2) is 0 Å². The Balaban J connectivity index is 2.75. The van der Waals surface area contributed by atoms with Crippen LogP contribution in [0.5, 0.6) is 0 Å². The monoisotopic (exact) mass is 176 g/mol. The summed E-state index contributed by atoms with van der Waals surface area (Å²) in [7, 11) is -6.62. The van der Waals surface area contributed by atoms with E-state index in [9.17, 15) is 12.6 Å². The molecule has 1 fully saturated rings. The SMILES string of the molecule is CC1OP(F)(F)(F)OC1C. The van der Waals surface area contributed by atoms with Crippen molar-refractivity contribution in [3.05, 3.63) is 0 Å². The molecule has 0 saturated carbocycles. The molecule has 2 atom stereocenters. The van der Waals surface area contributed by atoms with Gasteiger partial charge in [-0.05, 0) is 0 Å². The van der Waals surface area contributed by atoms with E-state index in [0.717, 1.165) is 0 Å². The van der Waals surface area contributed by atoms with E-state index in [-0.39, 0.29) is 0 Å². The maximum atomic E-state index is 12.2. The third-order valence-electron chi connectivity index (χ3n) is 1.32. The molecular formula is C4H8F3O2P. The van der Waals surface area contributed by atoms with Crippen LogP contribution in [0.1, 0.15) is 13.8 Å². The van der Waals surface area contributed by atoms with Crippen LogP contribution in [0.3, 0.4) is 0 Å². The molecule has 0 aromatic carbocycles. The minimum absolute atomic E-state index is 0.863. The average Bonchev–Trinajstić information content (AvgIpc) is 1.74. The molecule has 0 bridgehead atoms. The van der Waals surface area contributed by atoms with Crippen LogP contribution in [0, 0.1) is 0 Å². The first-order valence-corrected chi connectivity index (χ1v) is 4.58. The van der Waals surface area contributed by atoms with Crippen LogP contribution in [0.25, 0.3) is 0 Å². The first kappa shape index (κ1) is 8.24. The first-order chi connectivity index (χ1) is 4.28. The zero-order valence-corrected chi connectivity index (χ0v) is 6.45. The minimum atomic E-state index is -6.62. The summed E-state index contributed by atoms with van der Waals surface area (Å²) in [6.07, 6.45) is -1.73. The average molecular weight is 176 g/mol. The number of hydrogen-bond acceptors (Lipinski definition) is 2. The van der Waals surface area contributed by atoms with Gasteiger partial charge in [0.1, 0.15) is 0 Å². The summed E-state index contributed by atoms with van der Waals surface area (Å²) in [6, 6.07) is 0. The van der Waals surface area contributed by atoms with Gasteiger partial charge in [0.25, 0.3) is 0 Å². The van der Waals surface area contributed by atoms with Gasteiger partial charge in [-0.1, -0.05) is 0 Å². The molecule has 1 saturated heterocycles. The van der Waals surface area contributed by atoms with Crippen molar-refractivity contribution >= 4 is 7.99 Å². The van der Waals surface area contributed by atoms with Gasteiger partial charge >= 0.3 is 55.7 Å². The molecule has 0 amide bonds. The Labute approximate surface area is 56.8 Å². The van der Waals surface area contributed by atoms with Crippen LogP contribution in [-0.4, -0.2) is 12.2 Å². The van der Waals surface area contributed by atoms with Gasteiger partial charge < -0.3 is 0 Å². The summed E-state index contributed by atoms with van der Waals surface area (Å²) < 4.78 is 44.0. The molecule has 1 rings (SSSR count). The van der Waals surface area contributed by atoms with Crippen LogP contribution in [0.15, 0.2) is 0 Å². The van der Waals surface area contributed by atoms with Crippen molar-refractivity contribution in [2.75, 3.05) is 0 Å². The number of rotatable bonds is 0. The summed E-state index contributed by atoms with van der Waals surface area (Å²) in [5.74, 6) is 0. The van der Waals surface area contributed by atoms with E-state index in [1.807, 2.05) is 0 Å². The number of halogens is 3. The zero-order valence-electron chi connectivity index (χ0n) is 5.55. The van der Waals surface area contributed by atoms with Crippen molar-refractivity contribution in [2.45, 2.75) is 26.1 Å². The normalized spacial score (nSPS) is 47.9. The fourth-order valence-corrected chi connectivity index (χ4v) is 2.13. The van der Waals surface area contributed by atoms with Crippen molar-refractivity contribution in [1.82, 2.24) is 0 Å². The second-order valence-electron chi connectivity index (χ2n) is 2.30. The standard InChI is InChI=1S/C4H8F3O2P/c1-3-4(2)9-10(5,6,7)8-3/h3-4H,1-2H3. The third-order valence-corrected chi connectivity index (χ3v) is 2.63. The Morgan fingerprint density at radius 1 is 1.00 bits per heavy atom. The van der Waals surface area contributed by atoms with Crippen LogP contribution in [0.2, 0.25) is 0 Å². The van der Waals surface area contributed by atoms with Gasteiger partial charge in [-0.3, -0.25) is 0 Å². The van der Waals surface area contributed by atoms with Crippen molar-refractivity contribution in [2.24, 2.45) is 0 Å². The van der Waals surface area contributed by atoms with E-state index in [1.54, 1.807) is 0 Å². The molecule has 0 N–H and O–H groups in total. The number of hydrogen-bond donors (Lipinski definition) is 0. The van der Waals surface area contributed by atoms with Gasteiger partial charge in [0.05, 0.1) is 0 Å². The van der Waals surface area contributed by atoms with Gasteiger partial charge in [0.15, 0.2) is 0 Å². The van der Waals surface area contributed by atoms with Gasteiger partial charge in [-0.2, -0.15) is 0 Å². The van der Waals surface area contributed by atoms with Crippen molar-refractivity contribution in [3.63, 3.8) is 0 Å². The Kier molecular flexibility index (Phi) is 1.52. The summed E-state index contributed by atoms with van der Waals surface area (Å²) in [5, 5.41) is 0. The topological polar surface area (TPSA) is 18.5 Å². The van der Waals surface area contributed by atoms with E-state index in [1.165, 1.54) is 13.8 Å². The fraction of sp³-hybridized carbons (Fsp3) is 1.00. The van der Waals surface area contributed by atoms with Crippen molar-refractivity contribution < 1.29 is 21.6 Å². The Bertz CT molecular complexity index is 140. The molecule has 1 aliphatic rings. The van der Waals surface area contributed by atoms with Gasteiger partial charge in [0, 0.05) is 0 Å². The second kappa shape index (κ2) is 1.84. The molecule has 0 aromatic heterocycles. The summed E-state index contributed by atoms with van der Waals surface area (Å²) in [6.45, 7) is 2.69. The third kappa shape index (κ3) is 1.59. The molecule has 0 aromatic rings. The Morgan fingerprint density at radius 2 is 1.30 bits per heavy atom. The van der Waals surface area contributed by atoms with E-state index in [4.69, 9.17) is 0 Å². The van der Waals surface area contributed by atoms with Crippen LogP contribution >= 0.6 is 7.99 Å². The summed E-state index contributed by atoms with van der Waals surface area (Å²) >= 11 is 0. The molecule has 6 heteroatoms.